The molecule has 2 amide bonds. The van der Waals surface area contributed by atoms with Crippen molar-refractivity contribution in [2.75, 3.05) is 19.6 Å². The van der Waals surface area contributed by atoms with E-state index in [0.29, 0.717) is 18.7 Å². The number of amides is 2. The predicted octanol–water partition coefficient (Wildman–Crippen LogP) is 2.63. The van der Waals surface area contributed by atoms with Crippen molar-refractivity contribution < 1.29 is 27.3 Å². The van der Waals surface area contributed by atoms with E-state index in [9.17, 15) is 22.8 Å². The van der Waals surface area contributed by atoms with Crippen molar-refractivity contribution in [1.82, 2.24) is 15.4 Å². The third kappa shape index (κ3) is 3.56. The zero-order valence-electron chi connectivity index (χ0n) is 13.9. The Morgan fingerprint density at radius 3 is 2.58 bits per heavy atom. The number of rotatable bonds is 2. The number of aromatic nitrogens is 1. The molecule has 2 heterocycles. The number of hydrogen-bond acceptors (Lipinski definition) is 4. The van der Waals surface area contributed by atoms with Crippen LogP contribution in [0.15, 0.2) is 28.8 Å². The fourth-order valence-electron chi connectivity index (χ4n) is 2.77. The molecule has 0 saturated carbocycles. The van der Waals surface area contributed by atoms with Gasteiger partial charge in [-0.1, -0.05) is 17.3 Å². The van der Waals surface area contributed by atoms with Gasteiger partial charge in [-0.25, -0.2) is 0 Å². The number of carbonyl (C=O) groups is 2. The SMILES string of the molecule is Cc1onc(-c2ccc(C(F)(F)F)cc2)c1C(=O)N1CCNC(=O)CC1. The molecule has 0 aliphatic carbocycles. The van der Waals surface area contributed by atoms with Gasteiger partial charge in [0.2, 0.25) is 5.91 Å². The Balaban J connectivity index is 1.91. The Labute approximate surface area is 146 Å². The number of benzene rings is 1. The Morgan fingerprint density at radius 2 is 1.92 bits per heavy atom. The quantitative estimate of drug-likeness (QED) is 0.885. The van der Waals surface area contributed by atoms with Gasteiger partial charge in [-0.3, -0.25) is 9.59 Å². The normalized spacial score (nSPS) is 15.5. The van der Waals surface area contributed by atoms with Gasteiger partial charge in [0, 0.05) is 31.6 Å². The van der Waals surface area contributed by atoms with Crippen molar-refractivity contribution in [3.05, 3.63) is 41.2 Å². The monoisotopic (exact) mass is 367 g/mol. The van der Waals surface area contributed by atoms with Crippen LogP contribution in [-0.4, -0.2) is 41.5 Å². The summed E-state index contributed by atoms with van der Waals surface area (Å²) in [6.45, 7) is 2.49. The second-order valence-electron chi connectivity index (χ2n) is 5.93. The largest absolute Gasteiger partial charge is 0.416 e. The molecule has 1 fully saturated rings. The van der Waals surface area contributed by atoms with E-state index < -0.39 is 11.7 Å². The van der Waals surface area contributed by atoms with Gasteiger partial charge in [0.1, 0.15) is 17.0 Å². The summed E-state index contributed by atoms with van der Waals surface area (Å²) in [6, 6.07) is 4.37. The molecule has 0 radical (unpaired) electrons. The predicted molar refractivity (Wildman–Crippen MR) is 85.2 cm³/mol. The molecule has 9 heteroatoms. The van der Waals surface area contributed by atoms with Gasteiger partial charge in [0.15, 0.2) is 0 Å². The van der Waals surface area contributed by atoms with E-state index in [2.05, 4.69) is 10.5 Å². The summed E-state index contributed by atoms with van der Waals surface area (Å²) in [5.74, 6) is -0.228. The lowest BCUT2D eigenvalue weighted by molar-refractivity contribution is -0.137. The van der Waals surface area contributed by atoms with Gasteiger partial charge in [-0.05, 0) is 19.1 Å². The molecule has 0 spiro atoms. The van der Waals surface area contributed by atoms with E-state index in [0.717, 1.165) is 12.1 Å². The third-order valence-corrected chi connectivity index (χ3v) is 4.16. The van der Waals surface area contributed by atoms with Gasteiger partial charge in [-0.15, -0.1) is 0 Å². The van der Waals surface area contributed by atoms with Crippen LogP contribution in [0.4, 0.5) is 13.2 Å². The Bertz CT molecular complexity index is 828. The van der Waals surface area contributed by atoms with Crippen LogP contribution in [0.25, 0.3) is 11.3 Å². The molecule has 2 aromatic rings. The molecule has 0 atom stereocenters. The van der Waals surface area contributed by atoms with Crippen LogP contribution < -0.4 is 5.32 Å². The Kier molecular flexibility index (Phi) is 4.71. The lowest BCUT2D eigenvalue weighted by Gasteiger charge is -2.19. The van der Waals surface area contributed by atoms with Gasteiger partial charge < -0.3 is 14.7 Å². The van der Waals surface area contributed by atoms with Crippen LogP contribution in [0.3, 0.4) is 0 Å². The minimum Gasteiger partial charge on any atom is -0.360 e. The molecule has 1 aliphatic rings. The van der Waals surface area contributed by atoms with Crippen molar-refractivity contribution in [3.63, 3.8) is 0 Å². The number of halogens is 3. The summed E-state index contributed by atoms with van der Waals surface area (Å²) in [5, 5.41) is 6.52. The summed E-state index contributed by atoms with van der Waals surface area (Å²) in [5.41, 5.74) is -0.0578. The van der Waals surface area contributed by atoms with E-state index >= 15 is 0 Å². The zero-order chi connectivity index (χ0) is 18.9. The van der Waals surface area contributed by atoms with Gasteiger partial charge >= 0.3 is 6.18 Å². The minimum absolute atomic E-state index is 0.134. The minimum atomic E-state index is -4.44. The summed E-state index contributed by atoms with van der Waals surface area (Å²) in [7, 11) is 0. The van der Waals surface area contributed by atoms with Crippen LogP contribution in [0.1, 0.15) is 28.1 Å². The molecule has 1 aliphatic heterocycles. The second kappa shape index (κ2) is 6.81. The van der Waals surface area contributed by atoms with E-state index in [4.69, 9.17) is 4.52 Å². The van der Waals surface area contributed by atoms with Gasteiger partial charge in [0.25, 0.3) is 5.91 Å². The molecule has 0 unspecified atom stereocenters. The lowest BCUT2D eigenvalue weighted by Crippen LogP contribution is -2.34. The van der Waals surface area contributed by atoms with E-state index in [1.807, 2.05) is 0 Å². The molecule has 6 nitrogen and oxygen atoms in total. The molecule has 0 bridgehead atoms. The molecule has 1 aromatic heterocycles. The summed E-state index contributed by atoms with van der Waals surface area (Å²) >= 11 is 0. The molecule has 138 valence electrons. The van der Waals surface area contributed by atoms with Crippen LogP contribution in [0.5, 0.6) is 0 Å². The number of hydrogen-bond donors (Lipinski definition) is 1. The molecule has 1 aromatic carbocycles. The molecule has 1 saturated heterocycles. The van der Waals surface area contributed by atoms with Crippen LogP contribution in [0.2, 0.25) is 0 Å². The highest BCUT2D eigenvalue weighted by atomic mass is 19.4. The highest BCUT2D eigenvalue weighted by Gasteiger charge is 2.31. The molecule has 3 rings (SSSR count). The number of nitrogens with zero attached hydrogens (tertiary/aromatic N) is 2. The number of alkyl halides is 3. The smallest absolute Gasteiger partial charge is 0.360 e. The topological polar surface area (TPSA) is 75.4 Å². The first-order valence-corrected chi connectivity index (χ1v) is 7.97. The van der Waals surface area contributed by atoms with Gasteiger partial charge in [0.05, 0.1) is 5.56 Å². The van der Waals surface area contributed by atoms with Gasteiger partial charge in [-0.2, -0.15) is 13.2 Å². The standard InChI is InChI=1S/C17H16F3N3O3/c1-10-14(16(25)23-8-6-13(24)21-7-9-23)15(22-26-10)11-2-4-12(5-3-11)17(18,19)20/h2-5H,6-9H2,1H3,(H,21,24). The molecular formula is C17H16F3N3O3. The van der Waals surface area contributed by atoms with Crippen molar-refractivity contribution in [2.45, 2.75) is 19.5 Å². The first-order valence-electron chi connectivity index (χ1n) is 7.97. The first-order chi connectivity index (χ1) is 12.3. The Morgan fingerprint density at radius 1 is 1.23 bits per heavy atom. The van der Waals surface area contributed by atoms with Crippen molar-refractivity contribution in [3.8, 4) is 11.3 Å². The maximum absolute atomic E-state index is 12.9. The Hall–Kier alpha value is -2.84. The average molecular weight is 367 g/mol. The van der Waals surface area contributed by atoms with E-state index in [-0.39, 0.29) is 41.8 Å². The molecular weight excluding hydrogens is 351 g/mol. The average Bonchev–Trinajstić information content (AvgIpc) is 2.84. The zero-order valence-corrected chi connectivity index (χ0v) is 13.9. The first kappa shape index (κ1) is 18.0. The second-order valence-corrected chi connectivity index (χ2v) is 5.93. The third-order valence-electron chi connectivity index (χ3n) is 4.16. The van der Waals surface area contributed by atoms with E-state index in [1.54, 1.807) is 6.92 Å². The van der Waals surface area contributed by atoms with Crippen LogP contribution in [0, 0.1) is 6.92 Å². The fraction of sp³-hybridized carbons (Fsp3) is 0.353. The summed E-state index contributed by atoms with van der Waals surface area (Å²) < 4.78 is 43.3. The lowest BCUT2D eigenvalue weighted by atomic mass is 10.0. The number of nitrogens with one attached hydrogen (secondary N) is 1. The highest BCUT2D eigenvalue weighted by molar-refractivity contribution is 6.01. The highest BCUT2D eigenvalue weighted by Crippen LogP contribution is 2.32. The number of carbonyl (C=O) groups excluding carboxylic acids is 2. The van der Waals surface area contributed by atoms with Crippen LogP contribution >= 0.6 is 0 Å². The fourth-order valence-corrected chi connectivity index (χ4v) is 2.77. The van der Waals surface area contributed by atoms with E-state index in [1.165, 1.54) is 17.0 Å². The maximum Gasteiger partial charge on any atom is 0.416 e. The molecule has 26 heavy (non-hydrogen) atoms. The summed E-state index contributed by atoms with van der Waals surface area (Å²) in [6.07, 6.45) is -4.26. The maximum atomic E-state index is 12.9. The van der Waals surface area contributed by atoms with Crippen molar-refractivity contribution >= 4 is 11.8 Å². The number of aryl methyl sites for hydroxylation is 1. The van der Waals surface area contributed by atoms with Crippen molar-refractivity contribution in [1.29, 1.82) is 0 Å². The van der Waals surface area contributed by atoms with Crippen molar-refractivity contribution in [2.24, 2.45) is 0 Å². The van der Waals surface area contributed by atoms with Crippen LogP contribution in [-0.2, 0) is 11.0 Å². The summed E-state index contributed by atoms with van der Waals surface area (Å²) in [4.78, 5) is 25.8. The molecule has 1 N–H and O–H groups in total.